The molecule has 1 atom stereocenters. The molecule has 2 N–H and O–H groups in total. The molecule has 0 saturated heterocycles. The molecule has 0 fully saturated rings. The number of benzene rings is 1. The van der Waals surface area contributed by atoms with E-state index in [0.29, 0.717) is 12.5 Å². The second-order valence-electron chi connectivity index (χ2n) is 5.42. The normalized spacial score (nSPS) is 12.7. The number of hydrogen-bond acceptors (Lipinski definition) is 4. The summed E-state index contributed by atoms with van der Waals surface area (Å²) >= 11 is 1.75. The lowest BCUT2D eigenvalue weighted by atomic mass is 10.1. The molecule has 0 saturated carbocycles. The number of aliphatic imine (C=N–C) groups is 1. The van der Waals surface area contributed by atoms with E-state index in [9.17, 15) is 10.1 Å². The van der Waals surface area contributed by atoms with Gasteiger partial charge in [-0.25, -0.2) is 4.99 Å². The minimum absolute atomic E-state index is 0.0949. The number of non-ortho nitro benzene ring substituents is 1. The van der Waals surface area contributed by atoms with Gasteiger partial charge in [-0.05, 0) is 23.9 Å². The van der Waals surface area contributed by atoms with Gasteiger partial charge in [0.2, 0.25) is 0 Å². The zero-order chi connectivity index (χ0) is 17.4. The van der Waals surface area contributed by atoms with Crippen LogP contribution < -0.4 is 10.6 Å². The lowest BCUT2D eigenvalue weighted by Crippen LogP contribution is -2.39. The predicted molar refractivity (Wildman–Crippen MR) is 98.6 cm³/mol. The van der Waals surface area contributed by atoms with E-state index in [4.69, 9.17) is 0 Å². The molecular weight excluding hydrogens is 324 g/mol. The van der Waals surface area contributed by atoms with E-state index >= 15 is 0 Å². The molecule has 0 bridgehead atoms. The minimum Gasteiger partial charge on any atom is -0.357 e. The van der Waals surface area contributed by atoms with E-state index in [1.807, 2.05) is 6.92 Å². The van der Waals surface area contributed by atoms with E-state index in [0.717, 1.165) is 24.6 Å². The maximum atomic E-state index is 10.7. The van der Waals surface area contributed by atoms with Crippen LogP contribution in [0.4, 0.5) is 5.69 Å². The Kier molecular flexibility index (Phi) is 6.74. The van der Waals surface area contributed by atoms with E-state index in [2.05, 4.69) is 40.1 Å². The van der Waals surface area contributed by atoms with Crippen LogP contribution in [0.2, 0.25) is 0 Å². The summed E-state index contributed by atoms with van der Waals surface area (Å²) in [5, 5.41) is 19.3. The zero-order valence-electron chi connectivity index (χ0n) is 13.9. The molecule has 128 valence electrons. The Balaban J connectivity index is 1.93. The molecule has 24 heavy (non-hydrogen) atoms. The summed E-state index contributed by atoms with van der Waals surface area (Å²) in [5.74, 6) is 1.16. The first-order valence-corrected chi connectivity index (χ1v) is 8.77. The van der Waals surface area contributed by atoms with Crippen LogP contribution in [0, 0.1) is 10.1 Å². The molecule has 0 spiro atoms. The Hall–Kier alpha value is -2.41. The maximum Gasteiger partial charge on any atom is 0.269 e. The third kappa shape index (κ3) is 5.34. The van der Waals surface area contributed by atoms with Gasteiger partial charge < -0.3 is 10.6 Å². The maximum absolute atomic E-state index is 10.7. The Morgan fingerprint density at radius 3 is 2.62 bits per heavy atom. The molecule has 0 amide bonds. The summed E-state index contributed by atoms with van der Waals surface area (Å²) in [4.78, 5) is 16.2. The van der Waals surface area contributed by atoms with Gasteiger partial charge in [-0.3, -0.25) is 10.1 Å². The third-order valence-corrected chi connectivity index (χ3v) is 4.62. The standard InChI is InChI=1S/C17H22N4O2S/c1-3-18-17(19-11-13(2)16-5-4-10-24-16)20-12-14-6-8-15(9-7-14)21(22)23/h4-10,13H,3,11-12H2,1-2H3,(H2,18,19,20). The number of nitrogens with zero attached hydrogens (tertiary/aromatic N) is 2. The van der Waals surface area contributed by atoms with Crippen molar-refractivity contribution >= 4 is 23.0 Å². The summed E-state index contributed by atoms with van der Waals surface area (Å²) in [6.07, 6.45) is 0. The van der Waals surface area contributed by atoms with Gasteiger partial charge in [0, 0.05) is 36.0 Å². The van der Waals surface area contributed by atoms with Gasteiger partial charge >= 0.3 is 0 Å². The van der Waals surface area contributed by atoms with Crippen LogP contribution in [-0.2, 0) is 6.54 Å². The Labute approximate surface area is 145 Å². The second-order valence-corrected chi connectivity index (χ2v) is 6.40. The van der Waals surface area contributed by atoms with E-state index < -0.39 is 4.92 Å². The summed E-state index contributed by atoms with van der Waals surface area (Å²) in [7, 11) is 0. The lowest BCUT2D eigenvalue weighted by Gasteiger charge is -2.15. The largest absolute Gasteiger partial charge is 0.357 e. The fraction of sp³-hybridized carbons (Fsp3) is 0.353. The Morgan fingerprint density at radius 1 is 1.29 bits per heavy atom. The first-order valence-electron chi connectivity index (χ1n) is 7.89. The molecular formula is C17H22N4O2S. The average Bonchev–Trinajstić information content (AvgIpc) is 3.12. The van der Waals surface area contributed by atoms with Crippen molar-refractivity contribution < 1.29 is 4.92 Å². The highest BCUT2D eigenvalue weighted by molar-refractivity contribution is 7.10. The van der Waals surface area contributed by atoms with Crippen molar-refractivity contribution in [3.8, 4) is 0 Å². The van der Waals surface area contributed by atoms with Gasteiger partial charge in [0.1, 0.15) is 0 Å². The molecule has 0 aliphatic heterocycles. The van der Waals surface area contributed by atoms with Crippen LogP contribution in [0.15, 0.2) is 46.8 Å². The summed E-state index contributed by atoms with van der Waals surface area (Å²) in [5.41, 5.74) is 1.03. The van der Waals surface area contributed by atoms with Crippen LogP contribution in [0.25, 0.3) is 0 Å². The number of guanidine groups is 1. The SMILES string of the molecule is CCNC(=NCc1ccc([N+](=O)[O-])cc1)NCC(C)c1cccs1. The second kappa shape index (κ2) is 9.02. The van der Waals surface area contributed by atoms with Crippen molar-refractivity contribution in [2.45, 2.75) is 26.3 Å². The third-order valence-electron chi connectivity index (χ3n) is 3.52. The molecule has 1 aromatic heterocycles. The Morgan fingerprint density at radius 2 is 2.04 bits per heavy atom. The topological polar surface area (TPSA) is 79.6 Å². The number of thiophene rings is 1. The Bertz CT molecular complexity index is 668. The van der Waals surface area contributed by atoms with Gasteiger partial charge in [0.15, 0.2) is 5.96 Å². The van der Waals surface area contributed by atoms with Crippen LogP contribution in [0.3, 0.4) is 0 Å². The van der Waals surface area contributed by atoms with Gasteiger partial charge in [-0.15, -0.1) is 11.3 Å². The minimum atomic E-state index is -0.398. The fourth-order valence-electron chi connectivity index (χ4n) is 2.16. The first-order chi connectivity index (χ1) is 11.6. The summed E-state index contributed by atoms with van der Waals surface area (Å²) < 4.78 is 0. The number of nitrogens with one attached hydrogen (secondary N) is 2. The van der Waals surface area contributed by atoms with E-state index in [1.54, 1.807) is 23.5 Å². The van der Waals surface area contributed by atoms with Crippen molar-refractivity contribution in [1.29, 1.82) is 0 Å². The number of rotatable bonds is 7. The molecule has 7 heteroatoms. The van der Waals surface area contributed by atoms with Crippen molar-refractivity contribution in [1.82, 2.24) is 10.6 Å². The van der Waals surface area contributed by atoms with Gasteiger partial charge in [-0.2, -0.15) is 0 Å². The van der Waals surface area contributed by atoms with Crippen molar-refractivity contribution in [3.05, 3.63) is 62.3 Å². The molecule has 2 rings (SSSR count). The molecule has 1 heterocycles. The van der Waals surface area contributed by atoms with Gasteiger partial charge in [0.05, 0.1) is 11.5 Å². The molecule has 1 aromatic carbocycles. The summed E-state index contributed by atoms with van der Waals surface area (Å²) in [6.45, 7) is 6.25. The molecule has 2 aromatic rings. The van der Waals surface area contributed by atoms with Gasteiger partial charge in [-0.1, -0.05) is 25.1 Å². The van der Waals surface area contributed by atoms with Crippen LogP contribution in [-0.4, -0.2) is 24.0 Å². The molecule has 1 unspecified atom stereocenters. The van der Waals surface area contributed by atoms with Crippen LogP contribution >= 0.6 is 11.3 Å². The van der Waals surface area contributed by atoms with E-state index in [-0.39, 0.29) is 5.69 Å². The predicted octanol–water partition coefficient (Wildman–Crippen LogP) is 3.52. The van der Waals surface area contributed by atoms with Crippen LogP contribution in [0.1, 0.15) is 30.2 Å². The summed E-state index contributed by atoms with van der Waals surface area (Å²) in [6, 6.07) is 10.7. The number of hydrogen-bond donors (Lipinski definition) is 2. The van der Waals surface area contributed by atoms with Gasteiger partial charge in [0.25, 0.3) is 5.69 Å². The lowest BCUT2D eigenvalue weighted by molar-refractivity contribution is -0.384. The molecule has 6 nitrogen and oxygen atoms in total. The highest BCUT2D eigenvalue weighted by Crippen LogP contribution is 2.19. The first kappa shape index (κ1) is 17.9. The van der Waals surface area contributed by atoms with Crippen molar-refractivity contribution in [2.75, 3.05) is 13.1 Å². The van der Waals surface area contributed by atoms with Crippen LogP contribution in [0.5, 0.6) is 0 Å². The average molecular weight is 346 g/mol. The highest BCUT2D eigenvalue weighted by atomic mass is 32.1. The van der Waals surface area contributed by atoms with Crippen molar-refractivity contribution in [2.24, 2.45) is 4.99 Å². The highest BCUT2D eigenvalue weighted by Gasteiger charge is 2.08. The zero-order valence-corrected chi connectivity index (χ0v) is 14.7. The van der Waals surface area contributed by atoms with E-state index in [1.165, 1.54) is 17.0 Å². The number of nitro benzene ring substituents is 1. The number of nitro groups is 1. The van der Waals surface area contributed by atoms with Crippen molar-refractivity contribution in [3.63, 3.8) is 0 Å². The monoisotopic (exact) mass is 346 g/mol. The molecule has 0 aliphatic rings. The molecule has 0 aliphatic carbocycles. The smallest absolute Gasteiger partial charge is 0.269 e. The quantitative estimate of drug-likeness (QED) is 0.348. The fourth-order valence-corrected chi connectivity index (χ4v) is 2.94. The molecule has 0 radical (unpaired) electrons.